The van der Waals surface area contributed by atoms with Gasteiger partial charge in [-0.25, -0.2) is 0 Å². The second-order valence-electron chi connectivity index (χ2n) is 8.39. The standard InChI is InChI=1S/C28H29Cl3N2O2S/c1-2-14-32-28(35)26(16-20-6-4-3-5-7-20)33(17-21-8-11-23(29)12-9-21)27(34)19-36-18-22-10-13-24(30)25(31)15-22/h3-13,15,26H,2,14,16-19H2,1H3,(H,32,35)/t26-/m1/s1. The van der Waals surface area contributed by atoms with Crippen molar-refractivity contribution >= 4 is 58.4 Å². The first-order valence-corrected chi connectivity index (χ1v) is 14.0. The molecule has 0 bridgehead atoms. The number of halogens is 3. The summed E-state index contributed by atoms with van der Waals surface area (Å²) in [4.78, 5) is 28.6. The minimum atomic E-state index is -0.646. The van der Waals surface area contributed by atoms with Gasteiger partial charge in [-0.3, -0.25) is 9.59 Å². The molecule has 0 heterocycles. The average molecular weight is 564 g/mol. The molecule has 0 fully saturated rings. The molecule has 3 aromatic carbocycles. The first-order chi connectivity index (χ1) is 17.4. The fraction of sp³-hybridized carbons (Fsp3) is 0.286. The van der Waals surface area contributed by atoms with Gasteiger partial charge >= 0.3 is 0 Å². The molecule has 1 N–H and O–H groups in total. The zero-order valence-corrected chi connectivity index (χ0v) is 23.1. The van der Waals surface area contributed by atoms with E-state index < -0.39 is 6.04 Å². The number of carbonyl (C=O) groups excluding carboxylic acids is 2. The van der Waals surface area contributed by atoms with Crippen LogP contribution in [0.5, 0.6) is 0 Å². The Bertz CT molecular complexity index is 1140. The molecule has 0 spiro atoms. The number of nitrogens with one attached hydrogen (secondary N) is 1. The number of thioether (sulfide) groups is 1. The molecule has 190 valence electrons. The first-order valence-electron chi connectivity index (χ1n) is 11.7. The van der Waals surface area contributed by atoms with Gasteiger partial charge in [0.05, 0.1) is 15.8 Å². The maximum absolute atomic E-state index is 13.6. The molecule has 0 unspecified atom stereocenters. The molecule has 0 aliphatic rings. The van der Waals surface area contributed by atoms with E-state index in [1.54, 1.807) is 23.1 Å². The number of hydrogen-bond donors (Lipinski definition) is 1. The lowest BCUT2D eigenvalue weighted by Crippen LogP contribution is -2.51. The van der Waals surface area contributed by atoms with E-state index in [0.29, 0.717) is 40.3 Å². The summed E-state index contributed by atoms with van der Waals surface area (Å²) < 4.78 is 0. The fourth-order valence-corrected chi connectivity index (χ4v) is 4.98. The predicted molar refractivity (Wildman–Crippen MR) is 152 cm³/mol. The number of nitrogens with zero attached hydrogens (tertiary/aromatic N) is 1. The minimum absolute atomic E-state index is 0.109. The van der Waals surface area contributed by atoms with Gasteiger partial charge in [-0.1, -0.05) is 90.3 Å². The van der Waals surface area contributed by atoms with Gasteiger partial charge in [0.15, 0.2) is 0 Å². The molecule has 3 rings (SSSR count). The lowest BCUT2D eigenvalue weighted by atomic mass is 10.0. The molecule has 36 heavy (non-hydrogen) atoms. The van der Waals surface area contributed by atoms with Crippen LogP contribution in [0.4, 0.5) is 0 Å². The maximum Gasteiger partial charge on any atom is 0.243 e. The van der Waals surface area contributed by atoms with Crippen LogP contribution in [0.25, 0.3) is 0 Å². The van der Waals surface area contributed by atoms with E-state index in [-0.39, 0.29) is 17.6 Å². The summed E-state index contributed by atoms with van der Waals surface area (Å²) in [6.45, 7) is 2.86. The number of carbonyl (C=O) groups is 2. The SMILES string of the molecule is CCCNC(=O)[C@@H](Cc1ccccc1)N(Cc1ccc(Cl)cc1)C(=O)CSCc1ccc(Cl)c(Cl)c1. The van der Waals surface area contributed by atoms with Crippen LogP contribution in [0.15, 0.2) is 72.8 Å². The van der Waals surface area contributed by atoms with E-state index in [1.807, 2.05) is 61.5 Å². The van der Waals surface area contributed by atoms with Crippen LogP contribution in [0.2, 0.25) is 15.1 Å². The molecule has 0 aliphatic carbocycles. The Kier molecular flexibility index (Phi) is 11.5. The number of amides is 2. The molecule has 2 amide bonds. The quantitative estimate of drug-likeness (QED) is 0.257. The van der Waals surface area contributed by atoms with Gasteiger partial charge in [0.25, 0.3) is 0 Å². The summed E-state index contributed by atoms with van der Waals surface area (Å²) in [7, 11) is 0. The Labute approximate surface area is 232 Å². The van der Waals surface area contributed by atoms with Crippen LogP contribution in [-0.4, -0.2) is 35.1 Å². The van der Waals surface area contributed by atoms with Crippen LogP contribution in [0, 0.1) is 0 Å². The molecule has 0 aromatic heterocycles. The van der Waals surface area contributed by atoms with E-state index in [0.717, 1.165) is 23.1 Å². The van der Waals surface area contributed by atoms with Gasteiger partial charge in [-0.2, -0.15) is 0 Å². The Morgan fingerprint density at radius 3 is 2.25 bits per heavy atom. The second kappa shape index (κ2) is 14.5. The summed E-state index contributed by atoms with van der Waals surface area (Å²) in [5.74, 6) is 0.559. The van der Waals surface area contributed by atoms with E-state index in [9.17, 15) is 9.59 Å². The normalized spacial score (nSPS) is 11.7. The van der Waals surface area contributed by atoms with Crippen molar-refractivity contribution in [2.45, 2.75) is 38.1 Å². The highest BCUT2D eigenvalue weighted by atomic mass is 35.5. The van der Waals surface area contributed by atoms with Gasteiger partial charge < -0.3 is 10.2 Å². The summed E-state index contributed by atoms with van der Waals surface area (Å²) in [6, 6.07) is 21.9. The lowest BCUT2D eigenvalue weighted by molar-refractivity contribution is -0.139. The third kappa shape index (κ3) is 8.74. The monoisotopic (exact) mass is 562 g/mol. The molecule has 1 atom stereocenters. The largest absolute Gasteiger partial charge is 0.354 e. The first kappa shape index (κ1) is 28.4. The van der Waals surface area contributed by atoms with Crippen LogP contribution < -0.4 is 5.32 Å². The smallest absolute Gasteiger partial charge is 0.243 e. The van der Waals surface area contributed by atoms with Gasteiger partial charge in [-0.05, 0) is 47.4 Å². The number of hydrogen-bond acceptors (Lipinski definition) is 3. The maximum atomic E-state index is 13.6. The summed E-state index contributed by atoms with van der Waals surface area (Å²) in [6.07, 6.45) is 1.24. The highest BCUT2D eigenvalue weighted by Gasteiger charge is 2.30. The van der Waals surface area contributed by atoms with Crippen molar-refractivity contribution in [2.24, 2.45) is 0 Å². The van der Waals surface area contributed by atoms with E-state index in [4.69, 9.17) is 34.8 Å². The Hall–Kier alpha value is -2.18. The molecule has 3 aromatic rings. The highest BCUT2D eigenvalue weighted by molar-refractivity contribution is 7.99. The molecule has 0 saturated carbocycles. The van der Waals surface area contributed by atoms with Crippen molar-refractivity contribution in [3.8, 4) is 0 Å². The Morgan fingerprint density at radius 1 is 0.889 bits per heavy atom. The van der Waals surface area contributed by atoms with Crippen LogP contribution >= 0.6 is 46.6 Å². The zero-order valence-electron chi connectivity index (χ0n) is 20.1. The van der Waals surface area contributed by atoms with Gasteiger partial charge in [0.1, 0.15) is 6.04 Å². The van der Waals surface area contributed by atoms with Crippen molar-refractivity contribution in [1.29, 1.82) is 0 Å². The second-order valence-corrected chi connectivity index (χ2v) is 10.6. The topological polar surface area (TPSA) is 49.4 Å². The number of rotatable bonds is 12. The molecule has 0 radical (unpaired) electrons. The van der Waals surface area contributed by atoms with Crippen molar-refractivity contribution in [2.75, 3.05) is 12.3 Å². The zero-order chi connectivity index (χ0) is 25.9. The van der Waals surface area contributed by atoms with Crippen LogP contribution in [-0.2, 0) is 28.3 Å². The fourth-order valence-electron chi connectivity index (χ4n) is 3.68. The average Bonchev–Trinajstić information content (AvgIpc) is 2.88. The Morgan fingerprint density at radius 2 is 1.58 bits per heavy atom. The van der Waals surface area contributed by atoms with Crippen molar-refractivity contribution < 1.29 is 9.59 Å². The van der Waals surface area contributed by atoms with Crippen molar-refractivity contribution in [3.05, 3.63) is 105 Å². The lowest BCUT2D eigenvalue weighted by Gasteiger charge is -2.31. The molecule has 8 heteroatoms. The molecular weight excluding hydrogens is 535 g/mol. The summed E-state index contributed by atoms with van der Waals surface area (Å²) in [5.41, 5.74) is 2.88. The summed E-state index contributed by atoms with van der Waals surface area (Å²) in [5, 5.41) is 4.59. The van der Waals surface area contributed by atoms with Crippen molar-refractivity contribution in [3.63, 3.8) is 0 Å². The third-order valence-electron chi connectivity index (χ3n) is 5.56. The van der Waals surface area contributed by atoms with Crippen molar-refractivity contribution in [1.82, 2.24) is 10.2 Å². The highest BCUT2D eigenvalue weighted by Crippen LogP contribution is 2.25. The van der Waals surface area contributed by atoms with Gasteiger partial charge in [0, 0.05) is 30.3 Å². The van der Waals surface area contributed by atoms with E-state index in [2.05, 4.69) is 5.32 Å². The number of benzene rings is 3. The molecule has 0 saturated heterocycles. The van der Waals surface area contributed by atoms with Crippen LogP contribution in [0.3, 0.4) is 0 Å². The molecule has 4 nitrogen and oxygen atoms in total. The predicted octanol–water partition coefficient (Wildman–Crippen LogP) is 7.05. The molecule has 0 aliphatic heterocycles. The molecular formula is C28H29Cl3N2O2S. The van der Waals surface area contributed by atoms with Gasteiger partial charge in [-0.15, -0.1) is 11.8 Å². The minimum Gasteiger partial charge on any atom is -0.354 e. The van der Waals surface area contributed by atoms with E-state index >= 15 is 0 Å². The van der Waals surface area contributed by atoms with Crippen LogP contribution in [0.1, 0.15) is 30.0 Å². The summed E-state index contributed by atoms with van der Waals surface area (Å²) >= 11 is 19.7. The third-order valence-corrected chi connectivity index (χ3v) is 7.54. The van der Waals surface area contributed by atoms with Gasteiger partial charge in [0.2, 0.25) is 11.8 Å². The van der Waals surface area contributed by atoms with E-state index in [1.165, 1.54) is 11.8 Å². The Balaban J connectivity index is 1.82.